The first-order chi connectivity index (χ1) is 8.15. The summed E-state index contributed by atoms with van der Waals surface area (Å²) in [5.74, 6) is -0.0639. The summed E-state index contributed by atoms with van der Waals surface area (Å²) in [4.78, 5) is 17.7. The molecule has 0 unspecified atom stereocenters. The van der Waals surface area contributed by atoms with E-state index in [-0.39, 0.29) is 17.5 Å². The molecule has 17 heavy (non-hydrogen) atoms. The van der Waals surface area contributed by atoms with E-state index in [1.54, 1.807) is 18.2 Å². The molecule has 0 saturated heterocycles. The summed E-state index contributed by atoms with van der Waals surface area (Å²) in [6.07, 6.45) is 0. The maximum atomic E-state index is 13.3. The van der Waals surface area contributed by atoms with Crippen LogP contribution >= 0.6 is 11.8 Å². The van der Waals surface area contributed by atoms with Crippen molar-refractivity contribution >= 4 is 11.8 Å². The molecule has 2 aromatic rings. The maximum absolute atomic E-state index is 13.3. The Morgan fingerprint density at radius 1 is 1.41 bits per heavy atom. The topological polar surface area (TPSA) is 66.0 Å². The van der Waals surface area contributed by atoms with Crippen molar-refractivity contribution in [2.24, 2.45) is 0 Å². The number of H-pyrrole nitrogens is 1. The molecular weight excluding hydrogens is 243 g/mol. The Labute approximate surface area is 101 Å². The fraction of sp³-hybridized carbons (Fsp3) is 0.0909. The van der Waals surface area contributed by atoms with Crippen LogP contribution in [0.2, 0.25) is 0 Å². The number of thioether (sulfide) groups is 1. The molecule has 1 heterocycles. The Bertz CT molecular complexity index is 586. The third-order valence-corrected chi connectivity index (χ3v) is 3.04. The first kappa shape index (κ1) is 11.7. The Morgan fingerprint density at radius 3 is 2.88 bits per heavy atom. The number of benzene rings is 1. The lowest BCUT2D eigenvalue weighted by Gasteiger charge is -2.02. The minimum atomic E-state index is -0.429. The smallest absolute Gasteiger partial charge is 0.254 e. The van der Waals surface area contributed by atoms with Crippen LogP contribution < -0.4 is 5.56 Å². The van der Waals surface area contributed by atoms with E-state index in [0.717, 1.165) is 6.07 Å². The van der Waals surface area contributed by atoms with Gasteiger partial charge in [0.15, 0.2) is 0 Å². The van der Waals surface area contributed by atoms with Crippen LogP contribution in [0.15, 0.2) is 40.0 Å². The molecule has 1 aromatic carbocycles. The molecule has 0 fully saturated rings. The quantitative estimate of drug-likeness (QED) is 0.819. The summed E-state index contributed by atoms with van der Waals surface area (Å²) in [5, 5.41) is 9.13. The van der Waals surface area contributed by atoms with E-state index in [1.165, 1.54) is 17.8 Å². The van der Waals surface area contributed by atoms with Crippen molar-refractivity contribution in [3.05, 3.63) is 52.3 Å². The molecule has 0 atom stereocenters. The molecule has 0 aliphatic rings. The third kappa shape index (κ3) is 3.07. The minimum absolute atomic E-state index is 0.282. The highest BCUT2D eigenvalue weighted by molar-refractivity contribution is 7.98. The van der Waals surface area contributed by atoms with Gasteiger partial charge in [-0.25, -0.2) is 4.39 Å². The number of aromatic amines is 1. The Hall–Kier alpha value is -1.82. The number of nitrogens with zero attached hydrogens (tertiary/aromatic N) is 1. The molecule has 0 spiro atoms. The van der Waals surface area contributed by atoms with Gasteiger partial charge in [-0.2, -0.15) is 4.98 Å². The Balaban J connectivity index is 2.13. The molecular formula is C11H9FN2O2S. The summed E-state index contributed by atoms with van der Waals surface area (Å²) in [6, 6.07) is 7.32. The van der Waals surface area contributed by atoms with Crippen LogP contribution in [0.5, 0.6) is 5.88 Å². The van der Waals surface area contributed by atoms with Crippen LogP contribution in [-0.4, -0.2) is 15.1 Å². The number of hydrogen-bond donors (Lipinski definition) is 2. The second-order valence-corrected chi connectivity index (χ2v) is 4.29. The molecule has 0 aliphatic carbocycles. The Morgan fingerprint density at radius 2 is 2.18 bits per heavy atom. The van der Waals surface area contributed by atoms with E-state index in [0.29, 0.717) is 10.7 Å². The van der Waals surface area contributed by atoms with E-state index in [2.05, 4.69) is 9.97 Å². The van der Waals surface area contributed by atoms with E-state index < -0.39 is 5.56 Å². The van der Waals surface area contributed by atoms with Crippen molar-refractivity contribution in [2.75, 3.05) is 0 Å². The minimum Gasteiger partial charge on any atom is -0.493 e. The number of halogens is 1. The molecule has 2 rings (SSSR count). The van der Waals surface area contributed by atoms with E-state index >= 15 is 0 Å². The fourth-order valence-corrected chi connectivity index (χ4v) is 2.08. The number of aromatic hydroxyl groups is 1. The monoisotopic (exact) mass is 252 g/mol. The van der Waals surface area contributed by atoms with E-state index in [4.69, 9.17) is 5.11 Å². The first-order valence-electron chi connectivity index (χ1n) is 4.81. The number of rotatable bonds is 3. The largest absolute Gasteiger partial charge is 0.493 e. The summed E-state index contributed by atoms with van der Waals surface area (Å²) in [7, 11) is 0. The van der Waals surface area contributed by atoms with Gasteiger partial charge in [-0.3, -0.25) is 4.79 Å². The lowest BCUT2D eigenvalue weighted by atomic mass is 10.3. The summed E-state index contributed by atoms with van der Waals surface area (Å²) < 4.78 is 13.3. The van der Waals surface area contributed by atoms with Crippen LogP contribution in [0.4, 0.5) is 4.39 Å². The summed E-state index contributed by atoms with van der Waals surface area (Å²) >= 11 is 1.20. The first-order valence-corrected chi connectivity index (χ1v) is 5.80. The lowest BCUT2D eigenvalue weighted by Crippen LogP contribution is -2.08. The summed E-state index contributed by atoms with van der Waals surface area (Å²) in [6.45, 7) is 0. The highest BCUT2D eigenvalue weighted by Gasteiger charge is 2.04. The van der Waals surface area contributed by atoms with Gasteiger partial charge in [0.2, 0.25) is 5.88 Å². The zero-order chi connectivity index (χ0) is 12.3. The molecule has 0 bridgehead atoms. The second-order valence-electron chi connectivity index (χ2n) is 3.27. The van der Waals surface area contributed by atoms with Crippen molar-refractivity contribution in [2.45, 2.75) is 10.6 Å². The molecule has 0 radical (unpaired) electrons. The summed E-state index contributed by atoms with van der Waals surface area (Å²) in [5.41, 5.74) is -0.429. The van der Waals surface area contributed by atoms with Crippen molar-refractivity contribution < 1.29 is 9.50 Å². The van der Waals surface area contributed by atoms with Gasteiger partial charge in [0.05, 0.1) is 11.8 Å². The standard InChI is InChI=1S/C11H9FN2O2S/c12-7-3-1-2-4-8(7)17-6-9-13-10(15)5-11(16)14-9/h1-5H,6H2,(H2,13,14,15,16). The predicted octanol–water partition coefficient (Wildman–Crippen LogP) is 1.91. The van der Waals surface area contributed by atoms with Gasteiger partial charge in [0.25, 0.3) is 5.56 Å². The van der Waals surface area contributed by atoms with Crippen LogP contribution in [0.3, 0.4) is 0 Å². The molecule has 0 amide bonds. The van der Waals surface area contributed by atoms with Gasteiger partial charge in [0.1, 0.15) is 11.6 Å². The van der Waals surface area contributed by atoms with Gasteiger partial charge in [-0.1, -0.05) is 12.1 Å². The van der Waals surface area contributed by atoms with Crippen molar-refractivity contribution in [3.63, 3.8) is 0 Å². The molecule has 2 N–H and O–H groups in total. The molecule has 6 heteroatoms. The van der Waals surface area contributed by atoms with Gasteiger partial charge in [0, 0.05) is 4.90 Å². The highest BCUT2D eigenvalue weighted by atomic mass is 32.2. The van der Waals surface area contributed by atoms with Crippen LogP contribution in [0.1, 0.15) is 5.82 Å². The molecule has 4 nitrogen and oxygen atoms in total. The van der Waals surface area contributed by atoms with Crippen molar-refractivity contribution in [1.29, 1.82) is 0 Å². The third-order valence-electron chi connectivity index (χ3n) is 1.98. The van der Waals surface area contributed by atoms with Gasteiger partial charge >= 0.3 is 0 Å². The lowest BCUT2D eigenvalue weighted by molar-refractivity contribution is 0.449. The number of aromatic nitrogens is 2. The van der Waals surface area contributed by atoms with Crippen molar-refractivity contribution in [1.82, 2.24) is 9.97 Å². The van der Waals surface area contributed by atoms with Crippen LogP contribution in [0.25, 0.3) is 0 Å². The molecule has 0 saturated carbocycles. The number of hydrogen-bond acceptors (Lipinski definition) is 4. The SMILES string of the molecule is O=c1cc(O)nc(CSc2ccccc2F)[nH]1. The molecule has 88 valence electrons. The zero-order valence-electron chi connectivity index (χ0n) is 8.68. The fourth-order valence-electron chi connectivity index (χ4n) is 1.27. The zero-order valence-corrected chi connectivity index (χ0v) is 9.50. The Kier molecular flexibility index (Phi) is 3.43. The number of nitrogens with one attached hydrogen (secondary N) is 1. The highest BCUT2D eigenvalue weighted by Crippen LogP contribution is 2.23. The normalized spacial score (nSPS) is 10.4. The van der Waals surface area contributed by atoms with E-state index in [9.17, 15) is 9.18 Å². The second kappa shape index (κ2) is 5.01. The molecule has 0 aliphatic heterocycles. The van der Waals surface area contributed by atoms with Gasteiger partial charge in [-0.05, 0) is 12.1 Å². The van der Waals surface area contributed by atoms with Gasteiger partial charge < -0.3 is 10.1 Å². The van der Waals surface area contributed by atoms with Crippen molar-refractivity contribution in [3.8, 4) is 5.88 Å². The predicted molar refractivity (Wildman–Crippen MR) is 62.5 cm³/mol. The van der Waals surface area contributed by atoms with Gasteiger partial charge in [-0.15, -0.1) is 11.8 Å². The van der Waals surface area contributed by atoms with Crippen LogP contribution in [0, 0.1) is 5.82 Å². The average Bonchev–Trinajstić information content (AvgIpc) is 2.27. The molecule has 1 aromatic heterocycles. The maximum Gasteiger partial charge on any atom is 0.254 e. The van der Waals surface area contributed by atoms with E-state index in [1.807, 2.05) is 0 Å². The van der Waals surface area contributed by atoms with Crippen LogP contribution in [-0.2, 0) is 5.75 Å². The average molecular weight is 252 g/mol.